The molecule has 0 aromatic carbocycles. The second-order valence-corrected chi connectivity index (χ2v) is 4.80. The van der Waals surface area contributed by atoms with Crippen LogP contribution in [0.4, 0.5) is 5.82 Å². The summed E-state index contributed by atoms with van der Waals surface area (Å²) >= 11 is 0. The summed E-state index contributed by atoms with van der Waals surface area (Å²) in [5.41, 5.74) is 3.73. The summed E-state index contributed by atoms with van der Waals surface area (Å²) in [6.07, 6.45) is 1.74. The van der Waals surface area contributed by atoms with Crippen molar-refractivity contribution in [3.05, 3.63) is 47.3 Å². The second kappa shape index (κ2) is 4.88. The van der Waals surface area contributed by atoms with E-state index in [1.165, 1.54) is 0 Å². The molecule has 0 fully saturated rings. The molecule has 3 heterocycles. The normalized spacial score (nSPS) is 10.9. The van der Waals surface area contributed by atoms with E-state index in [2.05, 4.69) is 25.4 Å². The highest BCUT2D eigenvalue weighted by atomic mass is 15.3. The molecule has 0 radical (unpaired) electrons. The molecule has 0 aliphatic heterocycles. The van der Waals surface area contributed by atoms with Gasteiger partial charge in [0.2, 0.25) is 0 Å². The van der Waals surface area contributed by atoms with Crippen LogP contribution in [0, 0.1) is 20.8 Å². The van der Waals surface area contributed by atoms with Crippen LogP contribution in [-0.2, 0) is 6.54 Å². The third kappa shape index (κ3) is 2.45. The fraction of sp³-hybridized carbons (Fsp3) is 0.286. The molecule has 0 saturated heterocycles. The third-order valence-electron chi connectivity index (χ3n) is 2.94. The first-order valence-corrected chi connectivity index (χ1v) is 6.48. The minimum absolute atomic E-state index is 0.556. The van der Waals surface area contributed by atoms with E-state index in [0.717, 1.165) is 34.4 Å². The monoisotopic (exact) mass is 268 g/mol. The average molecular weight is 268 g/mol. The number of rotatable bonds is 3. The van der Waals surface area contributed by atoms with E-state index in [4.69, 9.17) is 0 Å². The number of aromatic nitrogens is 5. The highest BCUT2D eigenvalue weighted by Crippen LogP contribution is 2.12. The van der Waals surface area contributed by atoms with Crippen LogP contribution in [0.2, 0.25) is 0 Å². The van der Waals surface area contributed by atoms with Gasteiger partial charge in [-0.25, -0.2) is 15.0 Å². The van der Waals surface area contributed by atoms with E-state index in [-0.39, 0.29) is 0 Å². The maximum absolute atomic E-state index is 4.42. The highest BCUT2D eigenvalue weighted by Gasteiger charge is 2.05. The molecule has 3 aromatic rings. The Bertz CT molecular complexity index is 741. The minimum Gasteiger partial charge on any atom is -0.363 e. The Morgan fingerprint density at radius 2 is 1.70 bits per heavy atom. The molecule has 3 aromatic heterocycles. The maximum Gasteiger partial charge on any atom is 0.157 e. The molecule has 3 rings (SSSR count). The lowest BCUT2D eigenvalue weighted by molar-refractivity contribution is 0.871. The van der Waals surface area contributed by atoms with E-state index < -0.39 is 0 Å². The zero-order valence-corrected chi connectivity index (χ0v) is 11.8. The molecule has 20 heavy (non-hydrogen) atoms. The van der Waals surface area contributed by atoms with E-state index in [9.17, 15) is 0 Å². The smallest absolute Gasteiger partial charge is 0.157 e. The van der Waals surface area contributed by atoms with Crippen LogP contribution < -0.4 is 5.32 Å². The number of nitrogens with one attached hydrogen (secondary N) is 1. The van der Waals surface area contributed by atoms with Crippen molar-refractivity contribution in [2.24, 2.45) is 0 Å². The summed E-state index contributed by atoms with van der Waals surface area (Å²) < 4.78 is 1.77. The van der Waals surface area contributed by atoms with Gasteiger partial charge in [-0.3, -0.25) is 0 Å². The maximum atomic E-state index is 4.42. The van der Waals surface area contributed by atoms with Gasteiger partial charge in [-0.2, -0.15) is 9.61 Å². The first-order chi connectivity index (χ1) is 9.61. The number of hydrogen-bond acceptors (Lipinski definition) is 5. The molecule has 6 nitrogen and oxygen atoms in total. The van der Waals surface area contributed by atoms with E-state index in [1.54, 1.807) is 10.7 Å². The summed E-state index contributed by atoms with van der Waals surface area (Å²) in [6, 6.07) is 5.81. The Balaban J connectivity index is 1.88. The van der Waals surface area contributed by atoms with Crippen LogP contribution in [0.1, 0.15) is 22.9 Å². The molecular weight excluding hydrogens is 252 g/mol. The largest absolute Gasteiger partial charge is 0.363 e. The lowest BCUT2D eigenvalue weighted by atomic mass is 10.3. The zero-order valence-electron chi connectivity index (χ0n) is 11.8. The first-order valence-electron chi connectivity index (χ1n) is 6.48. The SMILES string of the molecule is Cc1cc(C)nc(CNc2cc(C)nc3ccnn23)n1. The average Bonchev–Trinajstić information content (AvgIpc) is 2.82. The summed E-state index contributed by atoms with van der Waals surface area (Å²) in [5.74, 6) is 1.66. The number of nitrogens with zero attached hydrogens (tertiary/aromatic N) is 5. The van der Waals surface area contributed by atoms with Crippen molar-refractivity contribution in [2.45, 2.75) is 27.3 Å². The molecule has 102 valence electrons. The second-order valence-electron chi connectivity index (χ2n) is 4.80. The summed E-state index contributed by atoms with van der Waals surface area (Å²) in [5, 5.41) is 7.58. The van der Waals surface area contributed by atoms with E-state index in [1.807, 2.05) is 39.0 Å². The number of hydrogen-bond donors (Lipinski definition) is 1. The Hall–Kier alpha value is -2.50. The van der Waals surface area contributed by atoms with Gasteiger partial charge >= 0.3 is 0 Å². The van der Waals surface area contributed by atoms with Crippen LogP contribution >= 0.6 is 0 Å². The van der Waals surface area contributed by atoms with E-state index in [0.29, 0.717) is 6.54 Å². The lowest BCUT2D eigenvalue weighted by Crippen LogP contribution is -2.10. The standard InChI is InChI=1S/C14H16N6/c1-9-6-10(2)18-12(17-9)8-15-14-7-11(3)19-13-4-5-16-20(13)14/h4-7,15H,8H2,1-3H3. The fourth-order valence-electron chi connectivity index (χ4n) is 2.21. The quantitative estimate of drug-likeness (QED) is 0.787. The van der Waals surface area contributed by atoms with Crippen molar-refractivity contribution >= 4 is 11.5 Å². The molecule has 0 aliphatic carbocycles. The predicted octanol–water partition coefficient (Wildman–Crippen LogP) is 2.06. The molecule has 0 bridgehead atoms. The van der Waals surface area contributed by atoms with Gasteiger partial charge in [0, 0.05) is 29.2 Å². The van der Waals surface area contributed by atoms with Gasteiger partial charge in [0.05, 0.1) is 12.7 Å². The third-order valence-corrected chi connectivity index (χ3v) is 2.94. The van der Waals surface area contributed by atoms with Crippen molar-refractivity contribution in [3.63, 3.8) is 0 Å². The molecular formula is C14H16N6. The topological polar surface area (TPSA) is 68.0 Å². The number of anilines is 1. The highest BCUT2D eigenvalue weighted by molar-refractivity contribution is 5.48. The van der Waals surface area contributed by atoms with Crippen molar-refractivity contribution in [1.29, 1.82) is 0 Å². The summed E-state index contributed by atoms with van der Waals surface area (Å²) in [6.45, 7) is 6.47. The van der Waals surface area contributed by atoms with Crippen LogP contribution in [0.25, 0.3) is 5.65 Å². The fourth-order valence-corrected chi connectivity index (χ4v) is 2.21. The summed E-state index contributed by atoms with van der Waals surface area (Å²) in [4.78, 5) is 13.2. The number of aryl methyl sites for hydroxylation is 3. The van der Waals surface area contributed by atoms with Crippen LogP contribution in [0.3, 0.4) is 0 Å². The Labute approximate surface area is 116 Å². The molecule has 0 spiro atoms. The van der Waals surface area contributed by atoms with Crippen molar-refractivity contribution in [1.82, 2.24) is 24.6 Å². The Kier molecular flexibility index (Phi) is 3.06. The van der Waals surface area contributed by atoms with Gasteiger partial charge in [0.1, 0.15) is 11.6 Å². The van der Waals surface area contributed by atoms with Crippen molar-refractivity contribution in [2.75, 3.05) is 5.32 Å². The van der Waals surface area contributed by atoms with Gasteiger partial charge in [0.15, 0.2) is 5.65 Å². The molecule has 0 aliphatic rings. The van der Waals surface area contributed by atoms with E-state index >= 15 is 0 Å². The first kappa shape index (κ1) is 12.5. The number of fused-ring (bicyclic) bond motifs is 1. The molecule has 6 heteroatoms. The molecule has 0 unspecified atom stereocenters. The van der Waals surface area contributed by atoms with Gasteiger partial charge in [0.25, 0.3) is 0 Å². The Morgan fingerprint density at radius 3 is 2.45 bits per heavy atom. The van der Waals surface area contributed by atoms with Gasteiger partial charge in [-0.15, -0.1) is 0 Å². The molecule has 0 atom stereocenters. The zero-order chi connectivity index (χ0) is 14.1. The molecule has 0 amide bonds. The van der Waals surface area contributed by atoms with Crippen molar-refractivity contribution in [3.8, 4) is 0 Å². The van der Waals surface area contributed by atoms with Gasteiger partial charge in [-0.05, 0) is 26.8 Å². The van der Waals surface area contributed by atoms with Gasteiger partial charge in [-0.1, -0.05) is 0 Å². The molecule has 0 saturated carbocycles. The van der Waals surface area contributed by atoms with Crippen LogP contribution in [-0.4, -0.2) is 24.6 Å². The molecule has 1 N–H and O–H groups in total. The van der Waals surface area contributed by atoms with Crippen LogP contribution in [0.5, 0.6) is 0 Å². The predicted molar refractivity (Wildman–Crippen MR) is 76.6 cm³/mol. The van der Waals surface area contributed by atoms with Crippen LogP contribution in [0.15, 0.2) is 24.4 Å². The minimum atomic E-state index is 0.556. The lowest BCUT2D eigenvalue weighted by Gasteiger charge is -2.09. The summed E-state index contributed by atoms with van der Waals surface area (Å²) in [7, 11) is 0. The van der Waals surface area contributed by atoms with Crippen molar-refractivity contribution < 1.29 is 0 Å². The Morgan fingerprint density at radius 1 is 1.00 bits per heavy atom. The van der Waals surface area contributed by atoms with Gasteiger partial charge < -0.3 is 5.32 Å².